The molecule has 156 valence electrons. The van der Waals surface area contributed by atoms with Gasteiger partial charge >= 0.3 is 0 Å². The van der Waals surface area contributed by atoms with E-state index in [0.717, 1.165) is 48.4 Å². The van der Waals surface area contributed by atoms with E-state index < -0.39 is 0 Å². The number of hydrogen-bond donors (Lipinski definition) is 2. The Kier molecular flexibility index (Phi) is 5.40. The molecule has 1 fully saturated rings. The third kappa shape index (κ3) is 3.91. The summed E-state index contributed by atoms with van der Waals surface area (Å²) in [5.41, 5.74) is 3.84. The lowest BCUT2D eigenvalue weighted by Crippen LogP contribution is -2.45. The predicted molar refractivity (Wildman–Crippen MR) is 105 cm³/mol. The van der Waals surface area contributed by atoms with E-state index in [0.29, 0.717) is 37.5 Å². The maximum absolute atomic E-state index is 12.9. The first-order chi connectivity index (χ1) is 13.9. The first kappa shape index (κ1) is 19.6. The van der Waals surface area contributed by atoms with Crippen molar-refractivity contribution in [3.63, 3.8) is 0 Å². The van der Waals surface area contributed by atoms with Gasteiger partial charge in [0, 0.05) is 30.8 Å². The molecule has 4 rings (SSSR count). The lowest BCUT2D eigenvalue weighted by molar-refractivity contribution is -0.138. The maximum atomic E-state index is 12.9. The van der Waals surface area contributed by atoms with E-state index in [-0.39, 0.29) is 17.7 Å². The maximum Gasteiger partial charge on any atom is 0.272 e. The van der Waals surface area contributed by atoms with Crippen molar-refractivity contribution in [2.75, 3.05) is 26.7 Å². The van der Waals surface area contributed by atoms with Crippen molar-refractivity contribution >= 4 is 11.8 Å². The molecule has 2 aliphatic heterocycles. The van der Waals surface area contributed by atoms with Crippen molar-refractivity contribution < 1.29 is 14.1 Å². The Labute approximate surface area is 169 Å². The molecule has 1 saturated heterocycles. The average molecular weight is 400 g/mol. The van der Waals surface area contributed by atoms with Crippen molar-refractivity contribution in [1.82, 2.24) is 30.5 Å². The van der Waals surface area contributed by atoms with Gasteiger partial charge in [0.1, 0.15) is 5.76 Å². The van der Waals surface area contributed by atoms with E-state index in [1.165, 1.54) is 0 Å². The normalized spacial score (nSPS) is 19.8. The zero-order valence-electron chi connectivity index (χ0n) is 17.2. The number of aromatic amines is 1. The summed E-state index contributed by atoms with van der Waals surface area (Å²) in [5.74, 6) is 0.753. The summed E-state index contributed by atoms with van der Waals surface area (Å²) >= 11 is 0. The zero-order chi connectivity index (χ0) is 20.5. The van der Waals surface area contributed by atoms with Gasteiger partial charge in [0.05, 0.1) is 23.9 Å². The average Bonchev–Trinajstić information content (AvgIpc) is 3.28. The number of nitrogens with one attached hydrogen (secondary N) is 2. The van der Waals surface area contributed by atoms with Crippen LogP contribution in [-0.4, -0.2) is 63.7 Å². The van der Waals surface area contributed by atoms with Crippen LogP contribution < -0.4 is 5.32 Å². The summed E-state index contributed by atoms with van der Waals surface area (Å²) in [6.07, 6.45) is 2.64. The summed E-state index contributed by atoms with van der Waals surface area (Å²) in [7, 11) is 2.07. The number of hydrogen-bond acceptors (Lipinski definition) is 6. The molecule has 0 radical (unpaired) electrons. The Morgan fingerprint density at radius 3 is 2.86 bits per heavy atom. The smallest absolute Gasteiger partial charge is 0.272 e. The highest BCUT2D eigenvalue weighted by atomic mass is 16.5. The minimum absolute atomic E-state index is 0.0658. The van der Waals surface area contributed by atoms with Crippen molar-refractivity contribution in [2.24, 2.45) is 5.92 Å². The molecule has 2 aromatic heterocycles. The molecule has 0 bridgehead atoms. The van der Waals surface area contributed by atoms with E-state index in [9.17, 15) is 9.59 Å². The number of piperidine rings is 1. The fourth-order valence-electron chi connectivity index (χ4n) is 4.33. The van der Waals surface area contributed by atoms with Gasteiger partial charge in [-0.25, -0.2) is 0 Å². The summed E-state index contributed by atoms with van der Waals surface area (Å²) in [6, 6.07) is 0. The molecule has 0 spiro atoms. The molecular weight excluding hydrogens is 372 g/mol. The van der Waals surface area contributed by atoms with E-state index in [4.69, 9.17) is 4.52 Å². The van der Waals surface area contributed by atoms with Crippen molar-refractivity contribution in [2.45, 2.75) is 46.2 Å². The minimum Gasteiger partial charge on any atom is -0.361 e. The second-order valence-electron chi connectivity index (χ2n) is 8.13. The van der Waals surface area contributed by atoms with Crippen LogP contribution in [0.3, 0.4) is 0 Å². The summed E-state index contributed by atoms with van der Waals surface area (Å²) < 4.78 is 5.14. The molecule has 0 saturated carbocycles. The zero-order valence-corrected chi connectivity index (χ0v) is 17.2. The molecule has 2 aromatic rings. The monoisotopic (exact) mass is 400 g/mol. The number of likely N-dealkylation sites (tertiary alicyclic amines) is 1. The van der Waals surface area contributed by atoms with Crippen LogP contribution in [-0.2, 0) is 24.3 Å². The fraction of sp³-hybridized carbons (Fsp3) is 0.600. The first-order valence-corrected chi connectivity index (χ1v) is 10.2. The van der Waals surface area contributed by atoms with E-state index in [2.05, 4.69) is 32.6 Å². The van der Waals surface area contributed by atoms with Gasteiger partial charge in [0.25, 0.3) is 5.91 Å². The molecule has 1 atom stereocenters. The molecule has 9 heteroatoms. The molecule has 2 aliphatic rings. The third-order valence-electron chi connectivity index (χ3n) is 6.04. The van der Waals surface area contributed by atoms with Crippen LogP contribution in [0.25, 0.3) is 0 Å². The Morgan fingerprint density at radius 1 is 1.31 bits per heavy atom. The summed E-state index contributed by atoms with van der Waals surface area (Å²) in [6.45, 7) is 7.01. The number of nitrogens with zero attached hydrogens (tertiary/aromatic N) is 4. The highest BCUT2D eigenvalue weighted by molar-refractivity contribution is 5.94. The van der Waals surface area contributed by atoms with Crippen LogP contribution in [0.2, 0.25) is 0 Å². The Bertz CT molecular complexity index is 898. The number of carbonyl (C=O) groups excluding carboxylic acids is 2. The quantitative estimate of drug-likeness (QED) is 0.798. The molecule has 2 N–H and O–H groups in total. The second-order valence-corrected chi connectivity index (χ2v) is 8.13. The van der Waals surface area contributed by atoms with Crippen LogP contribution in [0.1, 0.15) is 51.6 Å². The molecule has 4 heterocycles. The third-order valence-corrected chi connectivity index (χ3v) is 6.04. The highest BCUT2D eigenvalue weighted by Crippen LogP contribution is 2.24. The van der Waals surface area contributed by atoms with Crippen molar-refractivity contribution in [3.05, 3.63) is 34.0 Å². The number of carbonyl (C=O) groups is 2. The minimum atomic E-state index is -0.226. The highest BCUT2D eigenvalue weighted by Gasteiger charge is 2.32. The topological polar surface area (TPSA) is 107 Å². The van der Waals surface area contributed by atoms with Gasteiger partial charge in [-0.1, -0.05) is 5.16 Å². The molecule has 0 aliphatic carbocycles. The Hall–Kier alpha value is -2.68. The molecular formula is C20H28N6O3. The van der Waals surface area contributed by atoms with Crippen LogP contribution >= 0.6 is 0 Å². The largest absolute Gasteiger partial charge is 0.361 e. The van der Waals surface area contributed by atoms with E-state index >= 15 is 0 Å². The second kappa shape index (κ2) is 7.98. The fourth-order valence-corrected chi connectivity index (χ4v) is 4.33. The van der Waals surface area contributed by atoms with Gasteiger partial charge in [0.15, 0.2) is 5.69 Å². The van der Waals surface area contributed by atoms with Gasteiger partial charge in [-0.15, -0.1) is 0 Å². The standard InChI is InChI=1S/C20H28N6O3/c1-12-16(13(2)29-24-12)9-21-19(27)18-15-6-8-26(11-17(15)22-23-18)20(28)14-5-4-7-25(3)10-14/h14H,4-11H2,1-3H3,(H,21,27)(H,22,23). The summed E-state index contributed by atoms with van der Waals surface area (Å²) in [5, 5.41) is 14.0. The van der Waals surface area contributed by atoms with Crippen molar-refractivity contribution in [3.8, 4) is 0 Å². The van der Waals surface area contributed by atoms with Gasteiger partial charge < -0.3 is 19.6 Å². The van der Waals surface area contributed by atoms with E-state index in [1.807, 2.05) is 18.7 Å². The number of rotatable bonds is 4. The van der Waals surface area contributed by atoms with Gasteiger partial charge in [-0.3, -0.25) is 14.7 Å². The van der Waals surface area contributed by atoms with Gasteiger partial charge in [-0.2, -0.15) is 5.10 Å². The van der Waals surface area contributed by atoms with Crippen LogP contribution in [0, 0.1) is 19.8 Å². The van der Waals surface area contributed by atoms with Crippen LogP contribution in [0.15, 0.2) is 4.52 Å². The molecule has 0 aromatic carbocycles. The van der Waals surface area contributed by atoms with Crippen LogP contribution in [0.4, 0.5) is 0 Å². The first-order valence-electron chi connectivity index (χ1n) is 10.2. The van der Waals surface area contributed by atoms with Crippen LogP contribution in [0.5, 0.6) is 0 Å². The molecule has 2 amide bonds. The predicted octanol–water partition coefficient (Wildman–Crippen LogP) is 1.17. The number of amides is 2. The molecule has 1 unspecified atom stereocenters. The number of aryl methyl sites for hydroxylation is 2. The Morgan fingerprint density at radius 2 is 2.14 bits per heavy atom. The van der Waals surface area contributed by atoms with Crippen molar-refractivity contribution in [1.29, 1.82) is 0 Å². The Balaban J connectivity index is 1.40. The van der Waals surface area contributed by atoms with Gasteiger partial charge in [0.2, 0.25) is 5.91 Å². The lowest BCUT2D eigenvalue weighted by Gasteiger charge is -2.34. The number of aromatic nitrogens is 3. The van der Waals surface area contributed by atoms with E-state index in [1.54, 1.807) is 0 Å². The SMILES string of the molecule is Cc1noc(C)c1CNC(=O)c1n[nH]c2c1CCN(C(=O)C1CCCN(C)C1)C2. The van der Waals surface area contributed by atoms with Gasteiger partial charge in [-0.05, 0) is 46.7 Å². The number of H-pyrrole nitrogens is 1. The summed E-state index contributed by atoms with van der Waals surface area (Å²) in [4.78, 5) is 29.7. The molecule has 9 nitrogen and oxygen atoms in total. The lowest BCUT2D eigenvalue weighted by atomic mass is 9.95. The number of fused-ring (bicyclic) bond motifs is 1. The molecule has 29 heavy (non-hydrogen) atoms.